The van der Waals surface area contributed by atoms with Gasteiger partial charge in [-0.05, 0) is 6.42 Å². The minimum atomic E-state index is -0.591. The standard InChI is InChI=1S/C10H13N3O3/c1-2-3-5-11-9(15)7-13-6-4-8(14)12-10(13)16/h2,4,6H,1,3,5,7H2,(H,11,15)(H,12,14,16). The van der Waals surface area contributed by atoms with Gasteiger partial charge in [-0.3, -0.25) is 19.1 Å². The van der Waals surface area contributed by atoms with Gasteiger partial charge in [-0.2, -0.15) is 0 Å². The van der Waals surface area contributed by atoms with Crippen molar-refractivity contribution in [1.29, 1.82) is 0 Å². The number of nitrogens with zero attached hydrogens (tertiary/aromatic N) is 1. The van der Waals surface area contributed by atoms with Gasteiger partial charge in [-0.1, -0.05) is 6.08 Å². The number of carbonyl (C=O) groups is 1. The van der Waals surface area contributed by atoms with Gasteiger partial charge >= 0.3 is 5.69 Å². The molecule has 0 radical (unpaired) electrons. The molecule has 0 aliphatic carbocycles. The maximum Gasteiger partial charge on any atom is 0.328 e. The van der Waals surface area contributed by atoms with E-state index in [1.54, 1.807) is 6.08 Å². The minimum absolute atomic E-state index is 0.104. The highest BCUT2D eigenvalue weighted by Gasteiger charge is 2.03. The zero-order chi connectivity index (χ0) is 12.0. The third-order valence-corrected chi connectivity index (χ3v) is 1.88. The first-order chi connectivity index (χ1) is 7.63. The summed E-state index contributed by atoms with van der Waals surface area (Å²) in [7, 11) is 0. The molecule has 1 aromatic heterocycles. The number of aromatic amines is 1. The Labute approximate surface area is 91.6 Å². The van der Waals surface area contributed by atoms with Gasteiger partial charge in [0.25, 0.3) is 5.56 Å². The van der Waals surface area contributed by atoms with Crippen molar-refractivity contribution < 1.29 is 4.79 Å². The van der Waals surface area contributed by atoms with Crippen LogP contribution in [0.4, 0.5) is 0 Å². The SMILES string of the molecule is C=CCCNC(=O)Cn1ccc(=O)[nH]c1=O. The molecule has 0 unspecified atom stereocenters. The molecular weight excluding hydrogens is 210 g/mol. The summed E-state index contributed by atoms with van der Waals surface area (Å²) in [5.74, 6) is -0.281. The molecule has 0 fully saturated rings. The van der Waals surface area contributed by atoms with Gasteiger partial charge in [-0.25, -0.2) is 4.79 Å². The van der Waals surface area contributed by atoms with Gasteiger partial charge in [-0.15, -0.1) is 6.58 Å². The third kappa shape index (κ3) is 3.56. The summed E-state index contributed by atoms with van der Waals surface area (Å²) in [6.45, 7) is 3.90. The lowest BCUT2D eigenvalue weighted by Crippen LogP contribution is -2.35. The largest absolute Gasteiger partial charge is 0.354 e. The Morgan fingerprint density at radius 3 is 2.94 bits per heavy atom. The van der Waals surface area contributed by atoms with Crippen LogP contribution < -0.4 is 16.6 Å². The van der Waals surface area contributed by atoms with Crippen molar-refractivity contribution >= 4 is 5.91 Å². The molecule has 0 spiro atoms. The molecule has 0 aliphatic rings. The monoisotopic (exact) mass is 223 g/mol. The number of hydrogen-bond donors (Lipinski definition) is 2. The van der Waals surface area contributed by atoms with E-state index in [0.717, 1.165) is 4.57 Å². The summed E-state index contributed by atoms with van der Waals surface area (Å²) in [6, 6.07) is 1.19. The van der Waals surface area contributed by atoms with Crippen molar-refractivity contribution in [2.24, 2.45) is 0 Å². The fourth-order valence-corrected chi connectivity index (χ4v) is 1.09. The van der Waals surface area contributed by atoms with Gasteiger partial charge in [0.05, 0.1) is 0 Å². The Kier molecular flexibility index (Phi) is 4.26. The number of aromatic nitrogens is 2. The van der Waals surface area contributed by atoms with Crippen molar-refractivity contribution in [2.45, 2.75) is 13.0 Å². The van der Waals surface area contributed by atoms with Crippen LogP contribution in [0.3, 0.4) is 0 Å². The quantitative estimate of drug-likeness (QED) is 0.508. The predicted molar refractivity (Wildman–Crippen MR) is 59.1 cm³/mol. The van der Waals surface area contributed by atoms with E-state index in [2.05, 4.69) is 16.9 Å². The van der Waals surface area contributed by atoms with Crippen LogP contribution in [0.15, 0.2) is 34.5 Å². The van der Waals surface area contributed by atoms with Crippen LogP contribution in [0.2, 0.25) is 0 Å². The van der Waals surface area contributed by atoms with Crippen LogP contribution in [-0.4, -0.2) is 22.0 Å². The first-order valence-electron chi connectivity index (χ1n) is 4.81. The fraction of sp³-hybridized carbons (Fsp3) is 0.300. The van der Waals surface area contributed by atoms with Crippen molar-refractivity contribution in [3.63, 3.8) is 0 Å². The van der Waals surface area contributed by atoms with Gasteiger partial charge < -0.3 is 5.32 Å². The smallest absolute Gasteiger partial charge is 0.328 e. The summed E-state index contributed by atoms with van der Waals surface area (Å²) in [6.07, 6.45) is 3.65. The first kappa shape index (κ1) is 12.0. The molecule has 0 aromatic carbocycles. The van der Waals surface area contributed by atoms with Gasteiger partial charge in [0.15, 0.2) is 0 Å². The van der Waals surface area contributed by atoms with Crippen LogP contribution in [0.25, 0.3) is 0 Å². The summed E-state index contributed by atoms with van der Waals surface area (Å²) in [4.78, 5) is 35.4. The van der Waals surface area contributed by atoms with Crippen molar-refractivity contribution in [3.8, 4) is 0 Å². The number of hydrogen-bond acceptors (Lipinski definition) is 3. The van der Waals surface area contributed by atoms with Crippen LogP contribution in [0.5, 0.6) is 0 Å². The lowest BCUT2D eigenvalue weighted by Gasteiger charge is -2.05. The van der Waals surface area contributed by atoms with E-state index in [9.17, 15) is 14.4 Å². The van der Waals surface area contributed by atoms with E-state index in [1.165, 1.54) is 12.3 Å². The molecule has 0 atom stereocenters. The molecule has 1 rings (SSSR count). The Morgan fingerprint density at radius 1 is 1.56 bits per heavy atom. The van der Waals surface area contributed by atoms with Crippen molar-refractivity contribution in [1.82, 2.24) is 14.9 Å². The summed E-state index contributed by atoms with van der Waals surface area (Å²) >= 11 is 0. The van der Waals surface area contributed by atoms with Crippen molar-refractivity contribution in [2.75, 3.05) is 6.54 Å². The molecule has 0 saturated carbocycles. The highest BCUT2D eigenvalue weighted by Crippen LogP contribution is 1.80. The van der Waals surface area contributed by atoms with Crippen LogP contribution in [0.1, 0.15) is 6.42 Å². The van der Waals surface area contributed by atoms with Crippen LogP contribution in [0, 0.1) is 0 Å². The fourth-order valence-electron chi connectivity index (χ4n) is 1.09. The molecule has 6 heteroatoms. The van der Waals surface area contributed by atoms with E-state index in [4.69, 9.17) is 0 Å². The predicted octanol–water partition coefficient (Wildman–Crippen LogP) is -0.771. The topological polar surface area (TPSA) is 84.0 Å². The van der Waals surface area contributed by atoms with Crippen molar-refractivity contribution in [3.05, 3.63) is 45.8 Å². The molecule has 6 nitrogen and oxygen atoms in total. The summed E-state index contributed by atoms with van der Waals surface area (Å²) in [5, 5.41) is 2.61. The molecule has 1 aromatic rings. The normalized spacial score (nSPS) is 9.75. The van der Waals surface area contributed by atoms with E-state index < -0.39 is 11.2 Å². The first-order valence-corrected chi connectivity index (χ1v) is 4.81. The second-order valence-electron chi connectivity index (χ2n) is 3.17. The second-order valence-corrected chi connectivity index (χ2v) is 3.17. The molecule has 1 heterocycles. The molecule has 0 bridgehead atoms. The number of amides is 1. The highest BCUT2D eigenvalue weighted by atomic mass is 16.2. The minimum Gasteiger partial charge on any atom is -0.354 e. The lowest BCUT2D eigenvalue weighted by molar-refractivity contribution is -0.121. The van der Waals surface area contributed by atoms with E-state index in [-0.39, 0.29) is 12.5 Å². The van der Waals surface area contributed by atoms with E-state index in [1.807, 2.05) is 0 Å². The molecule has 0 saturated heterocycles. The zero-order valence-electron chi connectivity index (χ0n) is 8.73. The number of rotatable bonds is 5. The van der Waals surface area contributed by atoms with Crippen LogP contribution >= 0.6 is 0 Å². The van der Waals surface area contributed by atoms with E-state index in [0.29, 0.717) is 13.0 Å². The highest BCUT2D eigenvalue weighted by molar-refractivity contribution is 5.75. The number of carbonyl (C=O) groups excluding carboxylic acids is 1. The molecule has 2 N–H and O–H groups in total. The van der Waals surface area contributed by atoms with Gasteiger partial charge in [0.1, 0.15) is 6.54 Å². The lowest BCUT2D eigenvalue weighted by atomic mass is 10.4. The van der Waals surface area contributed by atoms with Gasteiger partial charge in [0.2, 0.25) is 5.91 Å². The molecule has 0 aliphatic heterocycles. The maximum absolute atomic E-state index is 11.3. The number of nitrogens with one attached hydrogen (secondary N) is 2. The molecule has 1 amide bonds. The third-order valence-electron chi connectivity index (χ3n) is 1.88. The summed E-state index contributed by atoms with van der Waals surface area (Å²) < 4.78 is 1.13. The maximum atomic E-state index is 11.3. The Hall–Kier alpha value is -2.11. The van der Waals surface area contributed by atoms with Crippen LogP contribution in [-0.2, 0) is 11.3 Å². The Balaban J connectivity index is 2.59. The number of H-pyrrole nitrogens is 1. The Bertz CT molecular complexity index is 487. The average Bonchev–Trinajstić information content (AvgIpc) is 2.23. The van der Waals surface area contributed by atoms with E-state index >= 15 is 0 Å². The Morgan fingerprint density at radius 2 is 2.31 bits per heavy atom. The van der Waals surface area contributed by atoms with Gasteiger partial charge in [0, 0.05) is 18.8 Å². The summed E-state index contributed by atoms with van der Waals surface area (Å²) in [5.41, 5.74) is -1.07. The second kappa shape index (κ2) is 5.69. The molecule has 86 valence electrons. The zero-order valence-corrected chi connectivity index (χ0v) is 8.73. The molecule has 16 heavy (non-hydrogen) atoms. The molecular formula is C10H13N3O3. The average molecular weight is 223 g/mol.